The van der Waals surface area contributed by atoms with Crippen molar-refractivity contribution in [2.24, 2.45) is 0 Å². The first-order chi connectivity index (χ1) is 15.8. The summed E-state index contributed by atoms with van der Waals surface area (Å²) in [5, 5.41) is 16.9. The molecule has 1 aromatic carbocycles. The average Bonchev–Trinajstić information content (AvgIpc) is 3.33. The Bertz CT molecular complexity index is 1030. The number of aliphatic hydroxyl groups is 1. The average molecular weight is 484 g/mol. The number of hydrogen-bond acceptors (Lipinski definition) is 6. The van der Waals surface area contributed by atoms with Gasteiger partial charge >= 0.3 is 12.3 Å². The van der Waals surface area contributed by atoms with Gasteiger partial charge in [0.25, 0.3) is 0 Å². The van der Waals surface area contributed by atoms with Crippen molar-refractivity contribution < 1.29 is 37.3 Å². The molecule has 186 valence electrons. The van der Waals surface area contributed by atoms with E-state index in [1.165, 1.54) is 35.0 Å². The van der Waals surface area contributed by atoms with Gasteiger partial charge in [0.15, 0.2) is 0 Å². The fourth-order valence-electron chi connectivity index (χ4n) is 3.51. The smallest absolute Gasteiger partial charge is 0.416 e. The standard InChI is InChI=1S/C22H27F3N4O5/c1-21(2,3)34-20(32)28-12-16(30)9-17(28)18(31)26-10-13-11-29(27-19(13)33-4)15-7-5-14(6-8-15)22(23,24)25/h5-8,11,16-17,30H,9-10,12H2,1-4H3,(H,26,31)/t16-,17-/m0/s1. The maximum absolute atomic E-state index is 12.8. The highest BCUT2D eigenvalue weighted by atomic mass is 19.4. The van der Waals surface area contributed by atoms with Crippen LogP contribution in [0.1, 0.15) is 38.3 Å². The van der Waals surface area contributed by atoms with Crippen LogP contribution in [0.5, 0.6) is 5.88 Å². The summed E-state index contributed by atoms with van der Waals surface area (Å²) in [7, 11) is 1.38. The normalized spacial score (nSPS) is 18.6. The van der Waals surface area contributed by atoms with Crippen LogP contribution in [0.3, 0.4) is 0 Å². The van der Waals surface area contributed by atoms with Gasteiger partial charge < -0.3 is 19.9 Å². The number of carbonyl (C=O) groups excluding carboxylic acids is 2. The minimum absolute atomic E-state index is 0.0165. The van der Waals surface area contributed by atoms with E-state index in [4.69, 9.17) is 9.47 Å². The highest BCUT2D eigenvalue weighted by Gasteiger charge is 2.41. The predicted molar refractivity (Wildman–Crippen MR) is 114 cm³/mol. The summed E-state index contributed by atoms with van der Waals surface area (Å²) in [5.74, 6) is -0.317. The quantitative estimate of drug-likeness (QED) is 0.676. The summed E-state index contributed by atoms with van der Waals surface area (Å²) in [6.45, 7) is 5.06. The number of amides is 2. The van der Waals surface area contributed by atoms with Crippen molar-refractivity contribution in [1.82, 2.24) is 20.0 Å². The zero-order valence-corrected chi connectivity index (χ0v) is 19.2. The number of rotatable bonds is 5. The SMILES string of the molecule is COc1nn(-c2ccc(C(F)(F)F)cc2)cc1CNC(=O)[C@@H]1C[C@H](O)CN1C(=O)OC(C)(C)C. The molecule has 1 aliphatic heterocycles. The van der Waals surface area contributed by atoms with Gasteiger partial charge in [-0.1, -0.05) is 0 Å². The van der Waals surface area contributed by atoms with E-state index in [-0.39, 0.29) is 25.4 Å². The van der Waals surface area contributed by atoms with Crippen LogP contribution in [-0.4, -0.2) is 63.2 Å². The maximum Gasteiger partial charge on any atom is 0.416 e. The van der Waals surface area contributed by atoms with Crippen molar-refractivity contribution in [3.8, 4) is 11.6 Å². The molecule has 2 atom stereocenters. The summed E-state index contributed by atoms with van der Waals surface area (Å²) in [6.07, 6.45) is -4.42. The largest absolute Gasteiger partial charge is 0.480 e. The topological polar surface area (TPSA) is 106 Å². The van der Waals surface area contributed by atoms with Crippen LogP contribution in [0, 0.1) is 0 Å². The first-order valence-corrected chi connectivity index (χ1v) is 10.5. The molecule has 2 heterocycles. The lowest BCUT2D eigenvalue weighted by molar-refractivity contribution is -0.137. The molecule has 1 saturated heterocycles. The molecule has 12 heteroatoms. The number of β-amino-alcohol motifs (C(OH)–C–C–N with tert-alkyl or cyclic N) is 1. The number of halogens is 3. The third-order valence-corrected chi connectivity index (χ3v) is 5.07. The lowest BCUT2D eigenvalue weighted by Gasteiger charge is -2.27. The number of alkyl halides is 3. The van der Waals surface area contributed by atoms with Crippen molar-refractivity contribution in [3.05, 3.63) is 41.6 Å². The third-order valence-electron chi connectivity index (χ3n) is 5.07. The van der Waals surface area contributed by atoms with Gasteiger partial charge in [-0.05, 0) is 45.0 Å². The van der Waals surface area contributed by atoms with Crippen LogP contribution in [0.2, 0.25) is 0 Å². The van der Waals surface area contributed by atoms with Gasteiger partial charge in [-0.15, -0.1) is 5.10 Å². The summed E-state index contributed by atoms with van der Waals surface area (Å²) in [5.41, 5.74) is -0.695. The van der Waals surface area contributed by atoms with Gasteiger partial charge in [0.2, 0.25) is 11.8 Å². The molecule has 1 aromatic heterocycles. The molecule has 0 spiro atoms. The fraction of sp³-hybridized carbons (Fsp3) is 0.500. The number of ether oxygens (including phenoxy) is 2. The molecule has 3 rings (SSSR count). The van der Waals surface area contributed by atoms with E-state index in [9.17, 15) is 27.9 Å². The fourth-order valence-corrected chi connectivity index (χ4v) is 3.51. The molecule has 0 radical (unpaired) electrons. The van der Waals surface area contributed by atoms with Crippen LogP contribution in [0.4, 0.5) is 18.0 Å². The second-order valence-corrected chi connectivity index (χ2v) is 8.91. The van der Waals surface area contributed by atoms with E-state index >= 15 is 0 Å². The van der Waals surface area contributed by atoms with Gasteiger partial charge in [-0.3, -0.25) is 9.69 Å². The van der Waals surface area contributed by atoms with Crippen LogP contribution >= 0.6 is 0 Å². The molecule has 2 N–H and O–H groups in total. The highest BCUT2D eigenvalue weighted by molar-refractivity contribution is 5.86. The zero-order valence-electron chi connectivity index (χ0n) is 19.2. The minimum atomic E-state index is -4.45. The Morgan fingerprint density at radius 2 is 1.85 bits per heavy atom. The van der Waals surface area contributed by atoms with E-state index in [0.717, 1.165) is 12.1 Å². The first kappa shape index (κ1) is 25.3. The number of nitrogens with zero attached hydrogens (tertiary/aromatic N) is 3. The second-order valence-electron chi connectivity index (χ2n) is 8.91. The Hall–Kier alpha value is -3.28. The lowest BCUT2D eigenvalue weighted by Crippen LogP contribution is -2.47. The van der Waals surface area contributed by atoms with Gasteiger partial charge in [0, 0.05) is 19.2 Å². The molecule has 2 aromatic rings. The van der Waals surface area contributed by atoms with Crippen molar-refractivity contribution in [3.63, 3.8) is 0 Å². The van der Waals surface area contributed by atoms with Crippen molar-refractivity contribution in [2.75, 3.05) is 13.7 Å². The van der Waals surface area contributed by atoms with E-state index in [2.05, 4.69) is 10.4 Å². The Balaban J connectivity index is 1.70. The number of carbonyl (C=O) groups is 2. The third kappa shape index (κ3) is 5.99. The molecule has 0 aliphatic carbocycles. The van der Waals surface area contributed by atoms with Crippen LogP contribution in [-0.2, 0) is 22.3 Å². The molecule has 0 unspecified atom stereocenters. The number of hydrogen-bond donors (Lipinski definition) is 2. The molecule has 9 nitrogen and oxygen atoms in total. The van der Waals surface area contributed by atoms with Crippen molar-refractivity contribution >= 4 is 12.0 Å². The summed E-state index contributed by atoms with van der Waals surface area (Å²) < 4.78 is 50.3. The van der Waals surface area contributed by atoms with Gasteiger partial charge in [-0.25, -0.2) is 9.48 Å². The zero-order chi connectivity index (χ0) is 25.3. The molecule has 1 fully saturated rings. The van der Waals surface area contributed by atoms with Crippen LogP contribution in [0.15, 0.2) is 30.5 Å². The molecule has 1 aliphatic rings. The molecule has 34 heavy (non-hydrogen) atoms. The Labute approximate surface area is 194 Å². The summed E-state index contributed by atoms with van der Waals surface area (Å²) in [6, 6.07) is 3.52. The van der Waals surface area contributed by atoms with Crippen LogP contribution in [0.25, 0.3) is 5.69 Å². The van der Waals surface area contributed by atoms with E-state index < -0.39 is 41.5 Å². The van der Waals surface area contributed by atoms with Gasteiger partial charge in [0.1, 0.15) is 11.6 Å². The number of methoxy groups -OCH3 is 1. The number of nitrogens with one attached hydrogen (secondary N) is 1. The van der Waals surface area contributed by atoms with E-state index in [0.29, 0.717) is 11.3 Å². The van der Waals surface area contributed by atoms with Crippen LogP contribution < -0.4 is 10.1 Å². The van der Waals surface area contributed by atoms with Crippen molar-refractivity contribution in [2.45, 2.75) is 57.7 Å². The molecule has 2 amide bonds. The molecule has 0 bridgehead atoms. The lowest BCUT2D eigenvalue weighted by atomic mass is 10.2. The Morgan fingerprint density at radius 3 is 2.41 bits per heavy atom. The number of aromatic nitrogens is 2. The molecular weight excluding hydrogens is 457 g/mol. The predicted octanol–water partition coefficient (Wildman–Crippen LogP) is 2.89. The maximum atomic E-state index is 12.8. The first-order valence-electron chi connectivity index (χ1n) is 10.5. The number of aliphatic hydroxyl groups excluding tert-OH is 1. The monoisotopic (exact) mass is 484 g/mol. The van der Waals surface area contributed by atoms with E-state index in [1.807, 2.05) is 0 Å². The van der Waals surface area contributed by atoms with Gasteiger partial charge in [0.05, 0.1) is 36.6 Å². The van der Waals surface area contributed by atoms with Gasteiger partial charge in [-0.2, -0.15) is 13.2 Å². The Kier molecular flexibility index (Phi) is 7.10. The Morgan fingerprint density at radius 1 is 1.21 bits per heavy atom. The highest BCUT2D eigenvalue weighted by Crippen LogP contribution is 2.30. The molecule has 0 saturated carbocycles. The summed E-state index contributed by atoms with van der Waals surface area (Å²) in [4.78, 5) is 26.4. The van der Waals surface area contributed by atoms with Crippen molar-refractivity contribution in [1.29, 1.82) is 0 Å². The van der Waals surface area contributed by atoms with E-state index in [1.54, 1.807) is 20.8 Å². The summed E-state index contributed by atoms with van der Waals surface area (Å²) >= 11 is 0. The number of likely N-dealkylation sites (tertiary alicyclic amines) is 1. The number of benzene rings is 1. The second kappa shape index (κ2) is 9.53. The minimum Gasteiger partial charge on any atom is -0.480 e. The molecular formula is C22H27F3N4O5.